The van der Waals surface area contributed by atoms with E-state index in [1.807, 2.05) is 6.07 Å². The highest BCUT2D eigenvalue weighted by atomic mass is 32.2. The first-order chi connectivity index (χ1) is 8.31. The molecule has 0 unspecified atom stereocenters. The molecule has 0 fully saturated rings. The highest BCUT2D eigenvalue weighted by Crippen LogP contribution is 2.31. The standard InChI is InChI=1S/C12H12FN3S/c13-10-3-1-2-9(4-6-14)12(10)17-11-5-7-15-8-16-11/h1-3,5,7-8H,4,6,14H2. The van der Waals surface area contributed by atoms with Crippen molar-refractivity contribution in [2.24, 2.45) is 5.73 Å². The highest BCUT2D eigenvalue weighted by molar-refractivity contribution is 7.99. The molecule has 17 heavy (non-hydrogen) atoms. The molecule has 1 heterocycles. The number of benzene rings is 1. The number of nitrogens with two attached hydrogens (primary N) is 1. The summed E-state index contributed by atoms with van der Waals surface area (Å²) >= 11 is 1.30. The van der Waals surface area contributed by atoms with Crippen LogP contribution in [0.25, 0.3) is 0 Å². The number of nitrogens with zero attached hydrogens (tertiary/aromatic N) is 2. The van der Waals surface area contributed by atoms with Crippen LogP contribution >= 0.6 is 11.8 Å². The molecule has 0 radical (unpaired) electrons. The Hall–Kier alpha value is -1.46. The summed E-state index contributed by atoms with van der Waals surface area (Å²) in [5.74, 6) is -0.237. The first-order valence-corrected chi connectivity index (χ1v) is 6.04. The van der Waals surface area contributed by atoms with Crippen molar-refractivity contribution < 1.29 is 4.39 Å². The molecule has 3 nitrogen and oxygen atoms in total. The van der Waals surface area contributed by atoms with E-state index in [1.54, 1.807) is 18.3 Å². The number of halogens is 1. The summed E-state index contributed by atoms with van der Waals surface area (Å²) in [6.07, 6.45) is 3.75. The maximum atomic E-state index is 13.8. The van der Waals surface area contributed by atoms with Gasteiger partial charge in [-0.3, -0.25) is 0 Å². The van der Waals surface area contributed by atoms with E-state index in [1.165, 1.54) is 24.2 Å². The molecule has 0 saturated carbocycles. The summed E-state index contributed by atoms with van der Waals surface area (Å²) in [6, 6.07) is 6.79. The molecule has 0 aliphatic heterocycles. The zero-order valence-corrected chi connectivity index (χ0v) is 9.95. The van der Waals surface area contributed by atoms with E-state index < -0.39 is 0 Å². The second kappa shape index (κ2) is 5.75. The smallest absolute Gasteiger partial charge is 0.137 e. The van der Waals surface area contributed by atoms with Crippen LogP contribution in [-0.4, -0.2) is 16.5 Å². The lowest BCUT2D eigenvalue weighted by Gasteiger charge is -2.08. The SMILES string of the molecule is NCCc1cccc(F)c1Sc1ccncn1. The van der Waals surface area contributed by atoms with E-state index in [-0.39, 0.29) is 5.82 Å². The van der Waals surface area contributed by atoms with Gasteiger partial charge >= 0.3 is 0 Å². The molecule has 2 aromatic rings. The van der Waals surface area contributed by atoms with E-state index in [0.717, 1.165) is 10.6 Å². The number of rotatable bonds is 4. The van der Waals surface area contributed by atoms with E-state index in [4.69, 9.17) is 5.73 Å². The van der Waals surface area contributed by atoms with E-state index in [9.17, 15) is 4.39 Å². The second-order valence-electron chi connectivity index (χ2n) is 3.42. The predicted octanol–water partition coefficient (Wildman–Crippen LogP) is 2.27. The Bertz CT molecular complexity index is 490. The van der Waals surface area contributed by atoms with Crippen molar-refractivity contribution in [2.45, 2.75) is 16.3 Å². The van der Waals surface area contributed by atoms with Crippen molar-refractivity contribution in [3.05, 3.63) is 48.2 Å². The van der Waals surface area contributed by atoms with Crippen LogP contribution in [0.15, 0.2) is 46.7 Å². The van der Waals surface area contributed by atoms with Gasteiger partial charge in [0.05, 0.1) is 4.90 Å². The maximum absolute atomic E-state index is 13.8. The Morgan fingerprint density at radius 1 is 1.29 bits per heavy atom. The third kappa shape index (κ3) is 3.01. The minimum atomic E-state index is -0.237. The fourth-order valence-corrected chi connectivity index (χ4v) is 2.37. The molecular weight excluding hydrogens is 237 g/mol. The Balaban J connectivity index is 2.31. The molecule has 0 amide bonds. The molecule has 1 aromatic heterocycles. The normalized spacial score (nSPS) is 10.5. The highest BCUT2D eigenvalue weighted by Gasteiger charge is 2.10. The summed E-state index contributed by atoms with van der Waals surface area (Å²) in [7, 11) is 0. The van der Waals surface area contributed by atoms with Crippen molar-refractivity contribution in [3.8, 4) is 0 Å². The lowest BCUT2D eigenvalue weighted by atomic mass is 10.1. The summed E-state index contributed by atoms with van der Waals surface area (Å²) in [5, 5.41) is 0.725. The van der Waals surface area contributed by atoms with Crippen LogP contribution in [-0.2, 0) is 6.42 Å². The fraction of sp³-hybridized carbons (Fsp3) is 0.167. The molecule has 1 aromatic carbocycles. The van der Waals surface area contributed by atoms with E-state index in [2.05, 4.69) is 9.97 Å². The summed E-state index contributed by atoms with van der Waals surface area (Å²) in [4.78, 5) is 8.49. The molecule has 0 aliphatic rings. The molecule has 0 spiro atoms. The quantitative estimate of drug-likeness (QED) is 0.844. The molecule has 2 N–H and O–H groups in total. The largest absolute Gasteiger partial charge is 0.330 e. The Kier molecular flexibility index (Phi) is 4.06. The first-order valence-electron chi connectivity index (χ1n) is 5.22. The molecule has 0 aliphatic carbocycles. The molecule has 0 saturated heterocycles. The van der Waals surface area contributed by atoms with Gasteiger partial charge in [-0.25, -0.2) is 14.4 Å². The zero-order chi connectivity index (χ0) is 12.1. The van der Waals surface area contributed by atoms with Crippen molar-refractivity contribution in [3.63, 3.8) is 0 Å². The summed E-state index contributed by atoms with van der Waals surface area (Å²) < 4.78 is 13.8. The van der Waals surface area contributed by atoms with Gasteiger partial charge in [-0.1, -0.05) is 23.9 Å². The van der Waals surface area contributed by atoms with Gasteiger partial charge in [-0.2, -0.15) is 0 Å². The Morgan fingerprint density at radius 2 is 2.18 bits per heavy atom. The molecule has 0 atom stereocenters. The van der Waals surface area contributed by atoms with Crippen LogP contribution in [0.3, 0.4) is 0 Å². The molecule has 5 heteroatoms. The topological polar surface area (TPSA) is 51.8 Å². The molecule has 0 bridgehead atoms. The average molecular weight is 249 g/mol. The zero-order valence-electron chi connectivity index (χ0n) is 9.14. The first kappa shape index (κ1) is 12.0. The fourth-order valence-electron chi connectivity index (χ4n) is 1.46. The minimum absolute atomic E-state index is 0.237. The third-order valence-corrected chi connectivity index (χ3v) is 3.34. The minimum Gasteiger partial charge on any atom is -0.330 e. The van der Waals surface area contributed by atoms with Gasteiger partial charge in [0.15, 0.2) is 0 Å². The van der Waals surface area contributed by atoms with E-state index in [0.29, 0.717) is 17.9 Å². The van der Waals surface area contributed by atoms with Gasteiger partial charge in [0.2, 0.25) is 0 Å². The van der Waals surface area contributed by atoms with Gasteiger partial charge in [0.1, 0.15) is 17.2 Å². The number of hydrogen-bond acceptors (Lipinski definition) is 4. The van der Waals surface area contributed by atoms with Gasteiger partial charge in [-0.15, -0.1) is 0 Å². The maximum Gasteiger partial charge on any atom is 0.137 e. The average Bonchev–Trinajstić information content (AvgIpc) is 2.35. The van der Waals surface area contributed by atoms with Crippen LogP contribution in [0.1, 0.15) is 5.56 Å². The van der Waals surface area contributed by atoms with Gasteiger partial charge in [0, 0.05) is 6.20 Å². The van der Waals surface area contributed by atoms with Gasteiger partial charge in [-0.05, 0) is 30.7 Å². The Morgan fingerprint density at radius 3 is 2.88 bits per heavy atom. The van der Waals surface area contributed by atoms with Crippen LogP contribution in [0.5, 0.6) is 0 Å². The molecule has 2 rings (SSSR count). The van der Waals surface area contributed by atoms with Crippen LogP contribution in [0.4, 0.5) is 4.39 Å². The summed E-state index contributed by atoms with van der Waals surface area (Å²) in [6.45, 7) is 0.501. The predicted molar refractivity (Wildman–Crippen MR) is 65.3 cm³/mol. The van der Waals surface area contributed by atoms with Gasteiger partial charge in [0.25, 0.3) is 0 Å². The molecular formula is C12H12FN3S. The Labute approximate surface area is 103 Å². The second-order valence-corrected chi connectivity index (χ2v) is 4.45. The van der Waals surface area contributed by atoms with Crippen molar-refractivity contribution >= 4 is 11.8 Å². The lowest BCUT2D eigenvalue weighted by Crippen LogP contribution is -2.04. The van der Waals surface area contributed by atoms with Crippen molar-refractivity contribution in [2.75, 3.05) is 6.54 Å². The monoisotopic (exact) mass is 249 g/mol. The van der Waals surface area contributed by atoms with Crippen LogP contribution in [0, 0.1) is 5.82 Å². The third-order valence-electron chi connectivity index (χ3n) is 2.22. The van der Waals surface area contributed by atoms with Crippen LogP contribution < -0.4 is 5.73 Å². The summed E-state index contributed by atoms with van der Waals surface area (Å²) in [5.41, 5.74) is 6.43. The van der Waals surface area contributed by atoms with Crippen molar-refractivity contribution in [1.29, 1.82) is 0 Å². The van der Waals surface area contributed by atoms with E-state index >= 15 is 0 Å². The number of hydrogen-bond donors (Lipinski definition) is 1. The van der Waals surface area contributed by atoms with Gasteiger partial charge < -0.3 is 5.73 Å². The molecule has 88 valence electrons. The van der Waals surface area contributed by atoms with Crippen molar-refractivity contribution in [1.82, 2.24) is 9.97 Å². The lowest BCUT2D eigenvalue weighted by molar-refractivity contribution is 0.596. The number of aromatic nitrogens is 2. The van der Waals surface area contributed by atoms with Crippen LogP contribution in [0.2, 0.25) is 0 Å².